The van der Waals surface area contributed by atoms with Crippen LogP contribution in [0.1, 0.15) is 58.8 Å². The van der Waals surface area contributed by atoms with E-state index in [2.05, 4.69) is 16.0 Å². The molecule has 5 atom stereocenters. The highest BCUT2D eigenvalue weighted by Gasteiger charge is 2.41. The molecule has 0 spiro atoms. The van der Waals surface area contributed by atoms with E-state index in [1.54, 1.807) is 0 Å². The predicted molar refractivity (Wildman–Crippen MR) is 115 cm³/mol. The zero-order valence-electron chi connectivity index (χ0n) is 19.0. The van der Waals surface area contributed by atoms with Crippen molar-refractivity contribution in [2.45, 2.75) is 83.0 Å². The van der Waals surface area contributed by atoms with Crippen LogP contribution in [-0.2, 0) is 28.8 Å². The summed E-state index contributed by atoms with van der Waals surface area (Å²) in [5, 5.41) is 17.0. The summed E-state index contributed by atoms with van der Waals surface area (Å²) in [4.78, 5) is 74.1. The molecule has 33 heavy (non-hydrogen) atoms. The smallest absolute Gasteiger partial charge is 0.326 e. The van der Waals surface area contributed by atoms with Gasteiger partial charge in [0.15, 0.2) is 0 Å². The average Bonchev–Trinajstić information content (AvgIpc) is 3.42. The molecule has 184 valence electrons. The molecular formula is C21H33N5O7. The van der Waals surface area contributed by atoms with E-state index < -0.39 is 53.8 Å². The van der Waals surface area contributed by atoms with Gasteiger partial charge in [0.05, 0.1) is 0 Å². The van der Waals surface area contributed by atoms with Gasteiger partial charge < -0.3 is 31.7 Å². The molecule has 0 bridgehead atoms. The molecule has 12 heteroatoms. The first-order valence-corrected chi connectivity index (χ1v) is 11.3. The van der Waals surface area contributed by atoms with E-state index in [4.69, 9.17) is 5.73 Å². The summed E-state index contributed by atoms with van der Waals surface area (Å²) in [7, 11) is 0. The normalized spacial score (nSPS) is 22.7. The van der Waals surface area contributed by atoms with Crippen LogP contribution in [0.5, 0.6) is 0 Å². The van der Waals surface area contributed by atoms with Crippen molar-refractivity contribution in [3.63, 3.8) is 0 Å². The lowest BCUT2D eigenvalue weighted by atomic mass is 9.96. The number of aliphatic carboxylic acids is 1. The molecular weight excluding hydrogens is 434 g/mol. The summed E-state index contributed by atoms with van der Waals surface area (Å²) >= 11 is 0. The van der Waals surface area contributed by atoms with Crippen LogP contribution in [0.4, 0.5) is 0 Å². The maximum absolute atomic E-state index is 13.4. The Morgan fingerprint density at radius 2 is 1.88 bits per heavy atom. The second kappa shape index (κ2) is 11.6. The fourth-order valence-electron chi connectivity index (χ4n) is 4.04. The third kappa shape index (κ3) is 6.90. The van der Waals surface area contributed by atoms with Crippen LogP contribution in [0.2, 0.25) is 0 Å². The van der Waals surface area contributed by atoms with Gasteiger partial charge in [0.2, 0.25) is 29.5 Å². The van der Waals surface area contributed by atoms with Crippen molar-refractivity contribution in [3.8, 4) is 0 Å². The number of carbonyl (C=O) groups excluding carboxylic acids is 5. The molecule has 2 aliphatic heterocycles. The molecule has 0 saturated carbocycles. The minimum Gasteiger partial charge on any atom is -0.480 e. The van der Waals surface area contributed by atoms with Gasteiger partial charge in [-0.3, -0.25) is 24.0 Å². The number of likely N-dealkylation sites (tertiary alicyclic amines) is 1. The molecule has 0 unspecified atom stereocenters. The zero-order chi connectivity index (χ0) is 24.7. The number of primary amides is 1. The number of carboxylic acids is 1. The van der Waals surface area contributed by atoms with Gasteiger partial charge >= 0.3 is 5.97 Å². The number of nitrogens with two attached hydrogens (primary N) is 1. The molecule has 0 aromatic rings. The number of nitrogens with zero attached hydrogens (tertiary/aromatic N) is 1. The summed E-state index contributed by atoms with van der Waals surface area (Å²) in [5.74, 6) is -3.94. The van der Waals surface area contributed by atoms with Crippen LogP contribution >= 0.6 is 0 Å². The number of hydrogen-bond acceptors (Lipinski definition) is 6. The molecule has 2 aliphatic rings. The lowest BCUT2D eigenvalue weighted by Crippen LogP contribution is -2.58. The average molecular weight is 468 g/mol. The molecule has 2 rings (SSSR count). The van der Waals surface area contributed by atoms with Gasteiger partial charge in [-0.1, -0.05) is 20.3 Å². The second-order valence-corrected chi connectivity index (χ2v) is 8.62. The molecule has 5 amide bonds. The molecule has 0 aromatic heterocycles. The van der Waals surface area contributed by atoms with Gasteiger partial charge in [-0.25, -0.2) is 4.79 Å². The van der Waals surface area contributed by atoms with Crippen LogP contribution in [0.25, 0.3) is 0 Å². The number of rotatable bonds is 11. The van der Waals surface area contributed by atoms with Crippen molar-refractivity contribution in [2.24, 2.45) is 11.7 Å². The first-order valence-electron chi connectivity index (χ1n) is 11.3. The lowest BCUT2D eigenvalue weighted by molar-refractivity contribution is -0.145. The maximum atomic E-state index is 13.4. The Morgan fingerprint density at radius 3 is 2.42 bits per heavy atom. The van der Waals surface area contributed by atoms with E-state index in [9.17, 15) is 33.9 Å². The summed E-state index contributed by atoms with van der Waals surface area (Å²) in [5.41, 5.74) is 5.07. The van der Waals surface area contributed by atoms with E-state index in [0.29, 0.717) is 32.2 Å². The zero-order valence-corrected chi connectivity index (χ0v) is 19.0. The van der Waals surface area contributed by atoms with Crippen molar-refractivity contribution < 1.29 is 33.9 Å². The first-order chi connectivity index (χ1) is 15.5. The summed E-state index contributed by atoms with van der Waals surface area (Å²) in [6.45, 7) is 3.98. The Hall–Kier alpha value is -3.18. The lowest BCUT2D eigenvalue weighted by Gasteiger charge is -2.32. The topological polar surface area (TPSA) is 188 Å². The van der Waals surface area contributed by atoms with E-state index in [0.717, 1.165) is 0 Å². The van der Waals surface area contributed by atoms with E-state index >= 15 is 0 Å². The number of carbonyl (C=O) groups is 6. The van der Waals surface area contributed by atoms with Crippen molar-refractivity contribution in [1.29, 1.82) is 0 Å². The van der Waals surface area contributed by atoms with Gasteiger partial charge in [-0.05, 0) is 31.6 Å². The third-order valence-corrected chi connectivity index (χ3v) is 6.22. The van der Waals surface area contributed by atoms with Crippen LogP contribution in [0.15, 0.2) is 0 Å². The SMILES string of the molecule is CC[C@H](C)[C@H](NC(=O)[C@@H]1CCC(=O)N1)C(=O)N1CCC[C@H]1C(=O)N[C@@H](CCC(N)=O)C(=O)O. The number of carboxylic acid groups (broad SMARTS) is 1. The Kier molecular flexibility index (Phi) is 9.18. The molecule has 0 aliphatic carbocycles. The predicted octanol–water partition coefficient (Wildman–Crippen LogP) is -1.38. The highest BCUT2D eigenvalue weighted by molar-refractivity contribution is 5.96. The Morgan fingerprint density at radius 1 is 1.18 bits per heavy atom. The second-order valence-electron chi connectivity index (χ2n) is 8.62. The van der Waals surface area contributed by atoms with E-state index in [1.807, 2.05) is 13.8 Å². The molecule has 2 heterocycles. The Bertz CT molecular complexity index is 802. The van der Waals surface area contributed by atoms with Gasteiger partial charge in [0.25, 0.3) is 0 Å². The maximum Gasteiger partial charge on any atom is 0.326 e. The summed E-state index contributed by atoms with van der Waals surface area (Å²) in [6, 6.07) is -3.78. The standard InChI is InChI=1S/C21H33N5O7/c1-3-11(2)17(25-18(29)12-7-9-16(28)23-12)20(31)26-10-4-5-14(26)19(30)24-13(21(32)33)6-8-15(22)27/h11-14,17H,3-10H2,1-2H3,(H2,22,27)(H,23,28)(H,24,30)(H,25,29)(H,32,33)/t11-,12-,13-,14-,17-/m0/s1. The molecule has 0 aromatic carbocycles. The first kappa shape index (κ1) is 26.1. The van der Waals surface area contributed by atoms with E-state index in [-0.39, 0.29) is 31.1 Å². The summed E-state index contributed by atoms with van der Waals surface area (Å²) < 4.78 is 0. The van der Waals surface area contributed by atoms with Crippen molar-refractivity contribution in [2.75, 3.05) is 6.54 Å². The van der Waals surface area contributed by atoms with Gasteiger partial charge in [0.1, 0.15) is 24.2 Å². The Labute approximate surface area is 192 Å². The number of nitrogens with one attached hydrogen (secondary N) is 3. The van der Waals surface area contributed by atoms with Crippen LogP contribution < -0.4 is 21.7 Å². The minimum absolute atomic E-state index is 0.157. The van der Waals surface area contributed by atoms with Gasteiger partial charge in [-0.15, -0.1) is 0 Å². The fraction of sp³-hybridized carbons (Fsp3) is 0.714. The third-order valence-electron chi connectivity index (χ3n) is 6.22. The largest absolute Gasteiger partial charge is 0.480 e. The van der Waals surface area contributed by atoms with Crippen molar-refractivity contribution in [3.05, 3.63) is 0 Å². The fourth-order valence-corrected chi connectivity index (χ4v) is 4.04. The highest BCUT2D eigenvalue weighted by Crippen LogP contribution is 2.22. The number of hydrogen-bond donors (Lipinski definition) is 5. The molecule has 2 saturated heterocycles. The van der Waals surface area contributed by atoms with Crippen LogP contribution in [-0.4, -0.2) is 76.2 Å². The minimum atomic E-state index is -1.31. The molecule has 6 N–H and O–H groups in total. The highest BCUT2D eigenvalue weighted by atomic mass is 16.4. The quantitative estimate of drug-likeness (QED) is 0.247. The van der Waals surface area contributed by atoms with Crippen molar-refractivity contribution in [1.82, 2.24) is 20.9 Å². The Balaban J connectivity index is 2.10. The van der Waals surface area contributed by atoms with Crippen molar-refractivity contribution >= 4 is 35.5 Å². The van der Waals surface area contributed by atoms with Gasteiger partial charge in [-0.2, -0.15) is 0 Å². The van der Waals surface area contributed by atoms with Gasteiger partial charge in [0, 0.05) is 19.4 Å². The number of amides is 5. The molecule has 2 fully saturated rings. The van der Waals surface area contributed by atoms with E-state index in [1.165, 1.54) is 4.90 Å². The molecule has 0 radical (unpaired) electrons. The monoisotopic (exact) mass is 467 g/mol. The molecule has 12 nitrogen and oxygen atoms in total. The van der Waals surface area contributed by atoms with Crippen LogP contribution in [0, 0.1) is 5.92 Å². The summed E-state index contributed by atoms with van der Waals surface area (Å²) in [6.07, 6.45) is 1.71. The van der Waals surface area contributed by atoms with Crippen LogP contribution in [0.3, 0.4) is 0 Å².